The first-order valence-electron chi connectivity index (χ1n) is 7.63. The number of hydrogen-bond acceptors (Lipinski definition) is 3. The van der Waals surface area contributed by atoms with Gasteiger partial charge in [-0.3, -0.25) is 9.69 Å². The van der Waals surface area contributed by atoms with Gasteiger partial charge in [-0.05, 0) is 38.2 Å². The summed E-state index contributed by atoms with van der Waals surface area (Å²) in [5.74, 6) is 0.520. The third kappa shape index (κ3) is 2.05. The Kier molecular flexibility index (Phi) is 3.55. The molecule has 3 nitrogen and oxygen atoms in total. The summed E-state index contributed by atoms with van der Waals surface area (Å²) >= 11 is 0. The van der Waals surface area contributed by atoms with E-state index in [9.17, 15) is 4.79 Å². The van der Waals surface area contributed by atoms with E-state index in [0.717, 1.165) is 25.9 Å². The summed E-state index contributed by atoms with van der Waals surface area (Å²) in [6.07, 6.45) is 2.16. The van der Waals surface area contributed by atoms with Crippen molar-refractivity contribution in [3.8, 4) is 0 Å². The van der Waals surface area contributed by atoms with Crippen LogP contribution in [0, 0.1) is 11.3 Å². The summed E-state index contributed by atoms with van der Waals surface area (Å²) < 4.78 is 5.32. The lowest BCUT2D eigenvalue weighted by Crippen LogP contribution is -2.47. The van der Waals surface area contributed by atoms with Crippen molar-refractivity contribution in [2.24, 2.45) is 11.3 Å². The summed E-state index contributed by atoms with van der Waals surface area (Å²) in [4.78, 5) is 14.7. The minimum atomic E-state index is -0.209. The maximum absolute atomic E-state index is 12.3. The van der Waals surface area contributed by atoms with Gasteiger partial charge in [0.15, 0.2) is 0 Å². The molecule has 1 aliphatic carbocycles. The summed E-state index contributed by atoms with van der Waals surface area (Å²) in [5.41, 5.74) is 1.12. The molecule has 1 heterocycles. The van der Waals surface area contributed by atoms with E-state index in [-0.39, 0.29) is 11.4 Å². The highest BCUT2D eigenvalue weighted by molar-refractivity contribution is 5.79. The SMILES string of the molecule is CCOC(=O)C12CCC1CN([C@@H](C)c1ccccc1)C2. The van der Waals surface area contributed by atoms with E-state index in [1.807, 2.05) is 13.0 Å². The fourth-order valence-corrected chi connectivity index (χ4v) is 3.73. The molecule has 2 unspecified atom stereocenters. The maximum atomic E-state index is 12.3. The first kappa shape index (κ1) is 13.6. The molecule has 1 aliphatic heterocycles. The van der Waals surface area contributed by atoms with Gasteiger partial charge in [0.1, 0.15) is 0 Å². The predicted octanol–water partition coefficient (Wildman–Crippen LogP) is 3.02. The molecular weight excluding hydrogens is 250 g/mol. The van der Waals surface area contributed by atoms with Crippen LogP contribution in [0.2, 0.25) is 0 Å². The van der Waals surface area contributed by atoms with Gasteiger partial charge in [0, 0.05) is 19.1 Å². The highest BCUT2D eigenvalue weighted by atomic mass is 16.5. The van der Waals surface area contributed by atoms with Gasteiger partial charge in [-0.2, -0.15) is 0 Å². The quantitative estimate of drug-likeness (QED) is 0.790. The van der Waals surface area contributed by atoms with Gasteiger partial charge >= 0.3 is 5.97 Å². The van der Waals surface area contributed by atoms with Crippen molar-refractivity contribution in [1.82, 2.24) is 4.90 Å². The summed E-state index contributed by atoms with van der Waals surface area (Å²) in [6, 6.07) is 10.9. The third-order valence-corrected chi connectivity index (χ3v) is 5.17. The van der Waals surface area contributed by atoms with Crippen molar-refractivity contribution >= 4 is 5.97 Å². The van der Waals surface area contributed by atoms with E-state index < -0.39 is 0 Å². The largest absolute Gasteiger partial charge is 0.466 e. The Labute approximate surface area is 120 Å². The summed E-state index contributed by atoms with van der Waals surface area (Å²) in [7, 11) is 0. The van der Waals surface area contributed by atoms with Crippen LogP contribution in [0.5, 0.6) is 0 Å². The summed E-state index contributed by atoms with van der Waals surface area (Å²) in [5, 5.41) is 0. The van der Waals surface area contributed by atoms with Crippen molar-refractivity contribution in [3.63, 3.8) is 0 Å². The molecule has 1 saturated carbocycles. The van der Waals surface area contributed by atoms with Gasteiger partial charge in [-0.1, -0.05) is 30.3 Å². The molecule has 2 fully saturated rings. The number of esters is 1. The van der Waals surface area contributed by atoms with Crippen LogP contribution in [-0.2, 0) is 9.53 Å². The second-order valence-electron chi connectivity index (χ2n) is 6.13. The van der Waals surface area contributed by atoms with Crippen LogP contribution in [0.25, 0.3) is 0 Å². The number of likely N-dealkylation sites (tertiary alicyclic amines) is 1. The second kappa shape index (κ2) is 5.21. The van der Waals surface area contributed by atoms with Crippen LogP contribution in [0.3, 0.4) is 0 Å². The number of carbonyl (C=O) groups is 1. The normalized spacial score (nSPS) is 30.4. The van der Waals surface area contributed by atoms with Gasteiger partial charge in [-0.25, -0.2) is 0 Å². The fourth-order valence-electron chi connectivity index (χ4n) is 3.73. The fraction of sp³-hybridized carbons (Fsp3) is 0.588. The molecule has 20 heavy (non-hydrogen) atoms. The molecule has 0 aromatic heterocycles. The molecule has 2 aliphatic rings. The van der Waals surface area contributed by atoms with Gasteiger partial charge in [0.25, 0.3) is 0 Å². The highest BCUT2D eigenvalue weighted by Gasteiger charge is 2.59. The van der Waals surface area contributed by atoms with E-state index in [1.165, 1.54) is 5.56 Å². The average molecular weight is 273 g/mol. The number of nitrogens with zero attached hydrogens (tertiary/aromatic N) is 1. The topological polar surface area (TPSA) is 29.5 Å². The molecule has 3 rings (SSSR count). The van der Waals surface area contributed by atoms with Gasteiger partial charge in [0.05, 0.1) is 12.0 Å². The standard InChI is InChI=1S/C17H23NO2/c1-3-20-16(19)17-10-9-15(17)11-18(12-17)13(2)14-7-5-4-6-8-14/h4-8,13,15H,3,9-12H2,1-2H3/t13-,15?,17?/m0/s1. The molecular formula is C17H23NO2. The number of fused-ring (bicyclic) bond motifs is 1. The van der Waals surface area contributed by atoms with Crippen LogP contribution >= 0.6 is 0 Å². The van der Waals surface area contributed by atoms with Gasteiger partial charge in [0.2, 0.25) is 0 Å². The van der Waals surface area contributed by atoms with Crippen LogP contribution in [-0.4, -0.2) is 30.6 Å². The minimum absolute atomic E-state index is 0.0269. The van der Waals surface area contributed by atoms with Crippen LogP contribution in [0.4, 0.5) is 0 Å². The lowest BCUT2D eigenvalue weighted by atomic mass is 9.62. The molecule has 3 heteroatoms. The van der Waals surface area contributed by atoms with Gasteiger partial charge < -0.3 is 4.74 Å². The Balaban J connectivity index is 1.74. The Bertz CT molecular complexity index is 487. The van der Waals surface area contributed by atoms with Crippen LogP contribution in [0.1, 0.15) is 38.3 Å². The second-order valence-corrected chi connectivity index (χ2v) is 6.13. The third-order valence-electron chi connectivity index (χ3n) is 5.17. The van der Waals surface area contributed by atoms with Crippen molar-refractivity contribution < 1.29 is 9.53 Å². The van der Waals surface area contributed by atoms with E-state index in [4.69, 9.17) is 4.74 Å². The smallest absolute Gasteiger partial charge is 0.313 e. The van der Waals surface area contributed by atoms with Gasteiger partial charge in [-0.15, -0.1) is 0 Å². The lowest BCUT2D eigenvalue weighted by Gasteiger charge is -2.41. The predicted molar refractivity (Wildman–Crippen MR) is 78.2 cm³/mol. The number of ether oxygens (including phenoxy) is 1. The Morgan fingerprint density at radius 1 is 1.45 bits per heavy atom. The number of hydrogen-bond donors (Lipinski definition) is 0. The zero-order valence-electron chi connectivity index (χ0n) is 12.3. The molecule has 1 saturated heterocycles. The zero-order valence-corrected chi connectivity index (χ0v) is 12.3. The maximum Gasteiger partial charge on any atom is 0.313 e. The molecule has 0 N–H and O–H groups in total. The Morgan fingerprint density at radius 3 is 2.80 bits per heavy atom. The van der Waals surface area contributed by atoms with E-state index in [1.54, 1.807) is 0 Å². The summed E-state index contributed by atoms with van der Waals surface area (Å²) in [6.45, 7) is 6.49. The monoisotopic (exact) mass is 273 g/mol. The van der Waals surface area contributed by atoms with Crippen molar-refractivity contribution in [2.75, 3.05) is 19.7 Å². The molecule has 3 atom stereocenters. The Morgan fingerprint density at radius 2 is 2.20 bits per heavy atom. The Hall–Kier alpha value is -1.35. The van der Waals surface area contributed by atoms with Crippen molar-refractivity contribution in [3.05, 3.63) is 35.9 Å². The van der Waals surface area contributed by atoms with E-state index in [0.29, 0.717) is 18.6 Å². The first-order chi connectivity index (χ1) is 9.67. The van der Waals surface area contributed by atoms with Crippen LogP contribution < -0.4 is 0 Å². The molecule has 108 valence electrons. The molecule has 0 bridgehead atoms. The van der Waals surface area contributed by atoms with E-state index >= 15 is 0 Å². The minimum Gasteiger partial charge on any atom is -0.466 e. The molecule has 1 aromatic rings. The molecule has 1 aromatic carbocycles. The molecule has 0 spiro atoms. The van der Waals surface area contributed by atoms with Crippen molar-refractivity contribution in [2.45, 2.75) is 32.7 Å². The first-order valence-corrected chi connectivity index (χ1v) is 7.63. The molecule has 0 radical (unpaired) electrons. The number of benzene rings is 1. The number of carbonyl (C=O) groups excluding carboxylic acids is 1. The van der Waals surface area contributed by atoms with Crippen molar-refractivity contribution in [1.29, 1.82) is 0 Å². The lowest BCUT2D eigenvalue weighted by molar-refractivity contribution is -0.163. The zero-order chi connectivity index (χ0) is 14.2. The highest BCUT2D eigenvalue weighted by Crippen LogP contribution is 2.54. The number of rotatable bonds is 4. The molecule has 0 amide bonds. The van der Waals surface area contributed by atoms with E-state index in [2.05, 4.69) is 36.1 Å². The average Bonchev–Trinajstić information content (AvgIpc) is 2.72. The van der Waals surface area contributed by atoms with Crippen LogP contribution in [0.15, 0.2) is 30.3 Å².